The fraction of sp³-hybridized carbons (Fsp3) is 0.250. The first-order valence-corrected chi connectivity index (χ1v) is 12.8. The number of benzene rings is 2. The molecular weight excluding hydrogens is 475 g/mol. The fourth-order valence-corrected chi connectivity index (χ4v) is 6.32. The third kappa shape index (κ3) is 3.69. The predicted molar refractivity (Wildman–Crippen MR) is 145 cm³/mol. The van der Waals surface area contributed by atoms with Gasteiger partial charge >= 0.3 is 0 Å². The first-order valence-electron chi connectivity index (χ1n) is 12.8. The molecule has 2 heterocycles. The van der Waals surface area contributed by atoms with Gasteiger partial charge in [0.1, 0.15) is 11.6 Å². The molecule has 2 aliphatic carbocycles. The summed E-state index contributed by atoms with van der Waals surface area (Å²) in [5, 5.41) is 0. The highest BCUT2D eigenvalue weighted by Gasteiger charge is 2.50. The van der Waals surface area contributed by atoms with Crippen LogP contribution in [0.3, 0.4) is 0 Å². The van der Waals surface area contributed by atoms with Crippen LogP contribution in [0, 0.1) is 31.1 Å². The number of halogens is 1. The highest BCUT2D eigenvalue weighted by atomic mass is 19.1. The first kappa shape index (κ1) is 24.0. The van der Waals surface area contributed by atoms with Crippen molar-refractivity contribution in [2.45, 2.75) is 39.0 Å². The number of aryl methyl sites for hydroxylation is 1. The summed E-state index contributed by atoms with van der Waals surface area (Å²) in [6.07, 6.45) is 6.99. The van der Waals surface area contributed by atoms with E-state index in [1.807, 2.05) is 56.6 Å². The number of pyridine rings is 1. The van der Waals surface area contributed by atoms with Gasteiger partial charge in [0, 0.05) is 40.5 Å². The van der Waals surface area contributed by atoms with E-state index in [0.717, 1.165) is 40.1 Å². The number of ketones is 1. The van der Waals surface area contributed by atoms with Crippen LogP contribution in [0.25, 0.3) is 33.0 Å². The van der Waals surface area contributed by atoms with Crippen molar-refractivity contribution in [3.8, 4) is 28.2 Å². The highest BCUT2D eigenvalue weighted by molar-refractivity contribution is 6.00. The van der Waals surface area contributed by atoms with E-state index in [-0.39, 0.29) is 29.1 Å². The van der Waals surface area contributed by atoms with E-state index >= 15 is 0 Å². The zero-order valence-electron chi connectivity index (χ0n) is 21.6. The topological polar surface area (TPSA) is 52.1 Å². The van der Waals surface area contributed by atoms with Gasteiger partial charge in [-0.05, 0) is 67.1 Å². The number of aromatic nitrogens is 3. The van der Waals surface area contributed by atoms with E-state index in [1.54, 1.807) is 6.07 Å². The molecule has 0 amide bonds. The Labute approximate surface area is 221 Å². The highest BCUT2D eigenvalue weighted by Crippen LogP contribution is 2.51. The van der Waals surface area contributed by atoms with Gasteiger partial charge in [-0.15, -0.1) is 0 Å². The summed E-state index contributed by atoms with van der Waals surface area (Å²) in [5.74, 6) is 0.0912. The van der Waals surface area contributed by atoms with E-state index < -0.39 is 5.41 Å². The van der Waals surface area contributed by atoms with Crippen LogP contribution in [0.15, 0.2) is 78.8 Å². The Morgan fingerprint density at radius 2 is 1.87 bits per heavy atom. The Bertz CT molecular complexity index is 1680. The third-order valence-corrected chi connectivity index (χ3v) is 8.17. The molecule has 0 N–H and O–H groups in total. The molecule has 38 heavy (non-hydrogen) atoms. The lowest BCUT2D eigenvalue weighted by Gasteiger charge is -2.44. The lowest BCUT2D eigenvalue weighted by Crippen LogP contribution is -2.45. The van der Waals surface area contributed by atoms with Gasteiger partial charge in [0.25, 0.3) is 0 Å². The van der Waals surface area contributed by atoms with Crippen molar-refractivity contribution in [1.82, 2.24) is 14.5 Å². The van der Waals surface area contributed by atoms with Crippen molar-refractivity contribution < 1.29 is 9.18 Å². The molecule has 6 rings (SSSR count). The predicted octanol–water partition coefficient (Wildman–Crippen LogP) is 6.89. The lowest BCUT2D eigenvalue weighted by atomic mass is 9.59. The molecular formula is C32H27FN4O. The molecule has 2 aromatic heterocycles. The molecule has 0 saturated carbocycles. The van der Waals surface area contributed by atoms with E-state index in [9.17, 15) is 9.18 Å². The standard InChI is InChI=1S/C32H27FN4O/c1-19-13-23(18-35-17-19)21-7-5-8-22(14-21)31-36-30-28(37(31)25-10-6-9-24(33)15-25)12-11-26-20(2)29(38)27(34-4)16-32(26,30)3/h5-10,13-18,20,26H,11-12H2,1-3H3/t20-,26-,32-/m1/s1. The Morgan fingerprint density at radius 3 is 2.63 bits per heavy atom. The van der Waals surface area contributed by atoms with Crippen molar-refractivity contribution in [3.63, 3.8) is 0 Å². The van der Waals surface area contributed by atoms with Crippen molar-refractivity contribution >= 4 is 5.78 Å². The number of hydrogen-bond donors (Lipinski definition) is 0. The van der Waals surface area contributed by atoms with Crippen LogP contribution in [-0.2, 0) is 16.6 Å². The molecule has 4 aromatic rings. The van der Waals surface area contributed by atoms with Crippen LogP contribution in [0.4, 0.5) is 4.39 Å². The van der Waals surface area contributed by atoms with Crippen molar-refractivity contribution in [1.29, 1.82) is 0 Å². The summed E-state index contributed by atoms with van der Waals surface area (Å²) in [5.41, 5.74) is 6.16. The van der Waals surface area contributed by atoms with E-state index in [1.165, 1.54) is 12.1 Å². The number of imidazole rings is 1. The van der Waals surface area contributed by atoms with Crippen molar-refractivity contribution in [2.24, 2.45) is 11.8 Å². The van der Waals surface area contributed by atoms with E-state index in [4.69, 9.17) is 11.6 Å². The van der Waals surface area contributed by atoms with Gasteiger partial charge in [0.2, 0.25) is 5.70 Å². The molecule has 0 saturated heterocycles. The second-order valence-electron chi connectivity index (χ2n) is 10.6. The van der Waals surface area contributed by atoms with Crippen molar-refractivity contribution in [3.05, 3.63) is 113 Å². The summed E-state index contributed by atoms with van der Waals surface area (Å²) < 4.78 is 16.5. The molecule has 0 unspecified atom stereocenters. The first-order chi connectivity index (χ1) is 18.3. The largest absolute Gasteiger partial charge is 0.308 e. The van der Waals surface area contributed by atoms with E-state index in [2.05, 4.69) is 33.5 Å². The summed E-state index contributed by atoms with van der Waals surface area (Å²) in [6, 6.07) is 16.8. The maximum absolute atomic E-state index is 14.5. The molecule has 0 radical (unpaired) electrons. The smallest absolute Gasteiger partial charge is 0.226 e. The number of carbonyl (C=O) groups is 1. The molecule has 2 aromatic carbocycles. The molecule has 0 spiro atoms. The van der Waals surface area contributed by atoms with Crippen LogP contribution in [0.2, 0.25) is 0 Å². The Kier molecular flexibility index (Phi) is 5.61. The minimum absolute atomic E-state index is 0.0430. The maximum Gasteiger partial charge on any atom is 0.226 e. The normalized spacial score (nSPS) is 22.3. The quantitative estimate of drug-likeness (QED) is 0.287. The molecule has 0 aliphatic heterocycles. The molecule has 6 heteroatoms. The minimum atomic E-state index is -0.577. The number of nitrogens with zero attached hydrogens (tertiary/aromatic N) is 4. The Hall–Kier alpha value is -4.37. The summed E-state index contributed by atoms with van der Waals surface area (Å²) in [4.78, 5) is 26.0. The second kappa shape index (κ2) is 8.88. The molecule has 0 bridgehead atoms. The van der Waals surface area contributed by atoms with Gasteiger partial charge in [-0.25, -0.2) is 14.2 Å². The Morgan fingerprint density at radius 1 is 1.08 bits per heavy atom. The summed E-state index contributed by atoms with van der Waals surface area (Å²) >= 11 is 0. The zero-order valence-corrected chi connectivity index (χ0v) is 21.6. The van der Waals surface area contributed by atoms with Gasteiger partial charge in [-0.2, -0.15) is 0 Å². The minimum Gasteiger partial charge on any atom is -0.308 e. The molecule has 2 aliphatic rings. The monoisotopic (exact) mass is 502 g/mol. The number of Topliss-reactive ketones (excluding diaryl/α,β-unsaturated/α-hetero) is 1. The average molecular weight is 503 g/mol. The van der Waals surface area contributed by atoms with Crippen LogP contribution >= 0.6 is 0 Å². The molecule has 188 valence electrons. The van der Waals surface area contributed by atoms with Crippen molar-refractivity contribution in [2.75, 3.05) is 0 Å². The number of rotatable bonds is 3. The van der Waals surface area contributed by atoms with Crippen LogP contribution in [0.5, 0.6) is 0 Å². The Balaban J connectivity index is 1.60. The number of allylic oxidation sites excluding steroid dienone is 2. The van der Waals surface area contributed by atoms with Crippen LogP contribution in [0.1, 0.15) is 37.2 Å². The third-order valence-electron chi connectivity index (χ3n) is 8.17. The van der Waals surface area contributed by atoms with Gasteiger partial charge < -0.3 is 4.79 Å². The molecule has 5 nitrogen and oxygen atoms in total. The van der Waals surface area contributed by atoms with Crippen LogP contribution < -0.4 is 0 Å². The molecule has 3 atom stereocenters. The number of carbonyl (C=O) groups excluding carboxylic acids is 1. The van der Waals surface area contributed by atoms with Crippen LogP contribution in [-0.4, -0.2) is 20.3 Å². The zero-order chi connectivity index (χ0) is 26.6. The van der Waals surface area contributed by atoms with Gasteiger partial charge in [-0.3, -0.25) is 9.55 Å². The second-order valence-corrected chi connectivity index (χ2v) is 10.6. The number of fused-ring (bicyclic) bond motifs is 3. The summed E-state index contributed by atoms with van der Waals surface area (Å²) in [7, 11) is 0. The SMILES string of the molecule is [C-]#[N+]C1=C[C@@]2(C)c3nc(-c4cccc(-c5cncc(C)c5)c4)n(-c4cccc(F)c4)c3CC[C@@H]2[C@@H](C)C1=O. The van der Waals surface area contributed by atoms with Gasteiger partial charge in [0.15, 0.2) is 5.78 Å². The fourth-order valence-electron chi connectivity index (χ4n) is 6.32. The number of hydrogen-bond acceptors (Lipinski definition) is 3. The lowest BCUT2D eigenvalue weighted by molar-refractivity contribution is -0.121. The summed E-state index contributed by atoms with van der Waals surface area (Å²) in [6.45, 7) is 13.7. The average Bonchev–Trinajstić information content (AvgIpc) is 3.32. The van der Waals surface area contributed by atoms with E-state index in [0.29, 0.717) is 17.9 Å². The maximum atomic E-state index is 14.5. The van der Waals surface area contributed by atoms with Gasteiger partial charge in [0.05, 0.1) is 18.0 Å². The van der Waals surface area contributed by atoms with Gasteiger partial charge in [-0.1, -0.05) is 44.2 Å². The molecule has 0 fully saturated rings.